The highest BCUT2D eigenvalue weighted by Gasteiger charge is 2.42. The number of benzene rings is 1. The molecule has 2 N–H and O–H groups in total. The quantitative estimate of drug-likeness (QED) is 0.416. The van der Waals surface area contributed by atoms with Gasteiger partial charge in [-0.15, -0.1) is 11.3 Å². The van der Waals surface area contributed by atoms with Crippen molar-refractivity contribution in [3.05, 3.63) is 55.9 Å². The van der Waals surface area contributed by atoms with Crippen LogP contribution in [0, 0.1) is 10.1 Å². The third-order valence-corrected chi connectivity index (χ3v) is 6.34. The number of carbonyl (C=O) groups is 2. The van der Waals surface area contributed by atoms with Crippen LogP contribution in [0.4, 0.5) is 10.7 Å². The van der Waals surface area contributed by atoms with E-state index in [2.05, 4.69) is 24.5 Å². The molecule has 0 spiro atoms. The second-order valence-electron chi connectivity index (χ2n) is 8.41. The Labute approximate surface area is 178 Å². The van der Waals surface area contributed by atoms with Crippen LogP contribution in [0.1, 0.15) is 65.8 Å². The lowest BCUT2D eigenvalue weighted by Crippen LogP contribution is -2.55. The summed E-state index contributed by atoms with van der Waals surface area (Å²) in [5.41, 5.74) is 0.534. The first kappa shape index (κ1) is 21.9. The number of non-ortho nitro benzene ring substituents is 1. The number of fused-ring (bicyclic) bond motifs is 1. The molecule has 9 heteroatoms. The van der Waals surface area contributed by atoms with Gasteiger partial charge in [-0.2, -0.15) is 0 Å². The van der Waals surface area contributed by atoms with E-state index in [0.717, 1.165) is 10.4 Å². The molecular weight excluding hydrogens is 406 g/mol. The molecule has 0 unspecified atom stereocenters. The van der Waals surface area contributed by atoms with Crippen LogP contribution in [0.5, 0.6) is 0 Å². The Bertz CT molecular complexity index is 1030. The van der Waals surface area contributed by atoms with Gasteiger partial charge in [-0.25, -0.2) is 4.79 Å². The Morgan fingerprint density at radius 3 is 2.63 bits per heavy atom. The first-order valence-corrected chi connectivity index (χ1v) is 10.5. The summed E-state index contributed by atoms with van der Waals surface area (Å²) in [6.07, 6.45) is 0.600. The highest BCUT2D eigenvalue weighted by atomic mass is 32.1. The first-order valence-electron chi connectivity index (χ1n) is 9.63. The van der Waals surface area contributed by atoms with Crippen molar-refractivity contribution in [2.45, 2.75) is 52.1 Å². The van der Waals surface area contributed by atoms with Gasteiger partial charge in [-0.3, -0.25) is 14.9 Å². The normalized spacial score (nSPS) is 16.4. The predicted octanol–water partition coefficient (Wildman–Crippen LogP) is 4.24. The number of hydrogen-bond acceptors (Lipinski definition) is 7. The zero-order valence-corrected chi connectivity index (χ0v) is 18.4. The summed E-state index contributed by atoms with van der Waals surface area (Å²) in [6.45, 7) is 10.1. The minimum Gasteiger partial charge on any atom is -0.462 e. The second-order valence-corrected chi connectivity index (χ2v) is 9.43. The average Bonchev–Trinajstić information content (AvgIpc) is 2.99. The monoisotopic (exact) mass is 431 g/mol. The van der Waals surface area contributed by atoms with E-state index in [0.29, 0.717) is 17.0 Å². The summed E-state index contributed by atoms with van der Waals surface area (Å²) in [6, 6.07) is 5.48. The average molecular weight is 432 g/mol. The molecule has 2 heterocycles. The molecule has 1 aliphatic rings. The highest BCUT2D eigenvalue weighted by Crippen LogP contribution is 2.45. The lowest BCUT2D eigenvalue weighted by atomic mass is 9.81. The SMILES string of the molecule is CCOC(=O)c1c(NC(=O)c2cccc([N+](=O)[O-])c2)sc2c1CC(C)(C)NC2(C)C. The molecule has 0 saturated heterocycles. The fourth-order valence-electron chi connectivity index (χ4n) is 3.97. The first-order chi connectivity index (χ1) is 13.9. The summed E-state index contributed by atoms with van der Waals surface area (Å²) in [5.74, 6) is -1.01. The van der Waals surface area contributed by atoms with E-state index in [4.69, 9.17) is 4.74 Å². The third kappa shape index (κ3) is 4.22. The van der Waals surface area contributed by atoms with Crippen molar-refractivity contribution in [1.82, 2.24) is 5.32 Å². The topological polar surface area (TPSA) is 111 Å². The number of hydrogen-bond donors (Lipinski definition) is 2. The van der Waals surface area contributed by atoms with Crippen molar-refractivity contribution >= 4 is 33.9 Å². The number of amides is 1. The maximum Gasteiger partial charge on any atom is 0.341 e. The molecule has 1 aliphatic heterocycles. The molecule has 2 aromatic rings. The van der Waals surface area contributed by atoms with Gasteiger partial charge in [0, 0.05) is 33.7 Å². The second kappa shape index (κ2) is 7.81. The summed E-state index contributed by atoms with van der Waals surface area (Å²) < 4.78 is 5.27. The molecule has 0 bridgehead atoms. The molecule has 0 radical (unpaired) electrons. The Hall–Kier alpha value is -2.78. The summed E-state index contributed by atoms with van der Waals surface area (Å²) >= 11 is 1.33. The number of nitrogens with zero attached hydrogens (tertiary/aromatic N) is 1. The number of ether oxygens (including phenoxy) is 1. The number of rotatable bonds is 5. The maximum absolute atomic E-state index is 12.8. The van der Waals surface area contributed by atoms with Crippen LogP contribution in [0.15, 0.2) is 24.3 Å². The van der Waals surface area contributed by atoms with Crippen LogP contribution in [0.3, 0.4) is 0 Å². The van der Waals surface area contributed by atoms with E-state index in [1.54, 1.807) is 6.92 Å². The Kier molecular flexibility index (Phi) is 5.70. The van der Waals surface area contributed by atoms with Gasteiger partial charge in [0.05, 0.1) is 17.1 Å². The molecule has 0 aliphatic carbocycles. The zero-order chi connectivity index (χ0) is 22.3. The molecule has 1 aromatic carbocycles. The molecule has 160 valence electrons. The molecule has 8 nitrogen and oxygen atoms in total. The van der Waals surface area contributed by atoms with E-state index < -0.39 is 22.3 Å². The molecular formula is C21H25N3O5S. The Morgan fingerprint density at radius 2 is 2.00 bits per heavy atom. The molecule has 1 amide bonds. The predicted molar refractivity (Wildman–Crippen MR) is 115 cm³/mol. The van der Waals surface area contributed by atoms with Crippen LogP contribution < -0.4 is 10.6 Å². The van der Waals surface area contributed by atoms with Crippen LogP contribution in [0.25, 0.3) is 0 Å². The van der Waals surface area contributed by atoms with Crippen LogP contribution in [-0.4, -0.2) is 28.9 Å². The highest BCUT2D eigenvalue weighted by molar-refractivity contribution is 7.17. The number of carbonyl (C=O) groups excluding carboxylic acids is 2. The van der Waals surface area contributed by atoms with Crippen molar-refractivity contribution in [2.24, 2.45) is 0 Å². The van der Waals surface area contributed by atoms with Crippen molar-refractivity contribution in [3.63, 3.8) is 0 Å². The Balaban J connectivity index is 2.06. The molecule has 30 heavy (non-hydrogen) atoms. The lowest BCUT2D eigenvalue weighted by molar-refractivity contribution is -0.384. The Morgan fingerprint density at radius 1 is 1.30 bits per heavy atom. The smallest absolute Gasteiger partial charge is 0.341 e. The number of nitro groups is 1. The minimum absolute atomic E-state index is 0.142. The number of nitrogens with one attached hydrogen (secondary N) is 2. The van der Waals surface area contributed by atoms with E-state index in [1.807, 2.05) is 13.8 Å². The van der Waals surface area contributed by atoms with Crippen molar-refractivity contribution < 1.29 is 19.2 Å². The molecule has 0 atom stereocenters. The summed E-state index contributed by atoms with van der Waals surface area (Å²) in [4.78, 5) is 37.1. The van der Waals surface area contributed by atoms with Crippen LogP contribution >= 0.6 is 11.3 Å². The van der Waals surface area contributed by atoms with Gasteiger partial charge >= 0.3 is 5.97 Å². The fourth-order valence-corrected chi connectivity index (χ4v) is 5.23. The zero-order valence-electron chi connectivity index (χ0n) is 17.6. The standard InChI is InChI=1S/C21H25N3O5S/c1-6-29-19(26)15-14-11-20(2,3)23-21(4,5)16(14)30-18(15)22-17(25)12-8-7-9-13(10-12)24(27)28/h7-10,23H,6,11H2,1-5H3,(H,22,25). The van der Waals surface area contributed by atoms with E-state index in [1.165, 1.54) is 35.6 Å². The van der Waals surface area contributed by atoms with Gasteiger partial charge in [0.2, 0.25) is 0 Å². The largest absolute Gasteiger partial charge is 0.462 e. The maximum atomic E-state index is 12.8. The molecule has 1 aromatic heterocycles. The number of thiophene rings is 1. The lowest BCUT2D eigenvalue weighted by Gasteiger charge is -2.42. The summed E-state index contributed by atoms with van der Waals surface area (Å²) in [5, 5.41) is 17.8. The minimum atomic E-state index is -0.555. The van der Waals surface area contributed by atoms with E-state index >= 15 is 0 Å². The van der Waals surface area contributed by atoms with Gasteiger partial charge in [0.25, 0.3) is 11.6 Å². The number of esters is 1. The van der Waals surface area contributed by atoms with Gasteiger partial charge in [0.15, 0.2) is 0 Å². The molecule has 0 saturated carbocycles. The molecule has 0 fully saturated rings. The van der Waals surface area contributed by atoms with Gasteiger partial charge in [0.1, 0.15) is 5.00 Å². The van der Waals surface area contributed by atoms with Gasteiger partial charge < -0.3 is 15.4 Å². The summed E-state index contributed by atoms with van der Waals surface area (Å²) in [7, 11) is 0. The van der Waals surface area contributed by atoms with Crippen LogP contribution in [0.2, 0.25) is 0 Å². The van der Waals surface area contributed by atoms with Crippen molar-refractivity contribution in [2.75, 3.05) is 11.9 Å². The van der Waals surface area contributed by atoms with Gasteiger partial charge in [-0.05, 0) is 52.7 Å². The van der Waals surface area contributed by atoms with Gasteiger partial charge in [-0.1, -0.05) is 6.07 Å². The van der Waals surface area contributed by atoms with E-state index in [9.17, 15) is 19.7 Å². The fraction of sp³-hybridized carbons (Fsp3) is 0.429. The van der Waals surface area contributed by atoms with Crippen molar-refractivity contribution in [1.29, 1.82) is 0 Å². The third-order valence-electron chi connectivity index (χ3n) is 4.87. The molecule has 3 rings (SSSR count). The van der Waals surface area contributed by atoms with Crippen molar-refractivity contribution in [3.8, 4) is 0 Å². The number of nitro benzene ring substituents is 1. The van der Waals surface area contributed by atoms with E-state index in [-0.39, 0.29) is 23.4 Å². The number of anilines is 1. The van der Waals surface area contributed by atoms with Crippen LogP contribution in [-0.2, 0) is 16.7 Å².